The number of benzene rings is 2. The summed E-state index contributed by atoms with van der Waals surface area (Å²) in [5.41, 5.74) is 3.23. The van der Waals surface area contributed by atoms with Gasteiger partial charge >= 0.3 is 0 Å². The van der Waals surface area contributed by atoms with Gasteiger partial charge in [-0.05, 0) is 42.2 Å². The Hall–Kier alpha value is -3.54. The van der Waals surface area contributed by atoms with Crippen molar-refractivity contribution in [1.82, 2.24) is 4.98 Å². The first-order chi connectivity index (χ1) is 12.6. The predicted octanol–water partition coefficient (Wildman–Crippen LogP) is 2.99. The molecule has 0 unspecified atom stereocenters. The number of carbonyl (C=O) groups is 1. The number of carbonyl (C=O) groups excluding carboxylic acids is 1. The Balaban J connectivity index is 1.94. The number of nitro groups is 1. The Morgan fingerprint density at radius 2 is 1.81 bits per heavy atom. The van der Waals surface area contributed by atoms with E-state index in [9.17, 15) is 20.0 Å². The molecule has 2 aromatic carbocycles. The zero-order valence-electron chi connectivity index (χ0n) is 13.6. The van der Waals surface area contributed by atoms with Crippen molar-refractivity contribution in [3.8, 4) is 0 Å². The van der Waals surface area contributed by atoms with E-state index in [2.05, 4.69) is 4.98 Å². The van der Waals surface area contributed by atoms with Gasteiger partial charge < -0.3 is 9.90 Å². The zero-order valence-corrected chi connectivity index (χ0v) is 13.6. The number of hydrogen-bond acceptors (Lipinski definition) is 5. The van der Waals surface area contributed by atoms with Gasteiger partial charge in [-0.3, -0.25) is 10.1 Å². The number of rotatable bonds is 3. The molecule has 0 atom stereocenters. The summed E-state index contributed by atoms with van der Waals surface area (Å²) in [7, 11) is 0. The second kappa shape index (κ2) is 6.07. The minimum atomic E-state index is -1.23. The molecule has 0 saturated carbocycles. The van der Waals surface area contributed by atoms with Crippen LogP contribution in [0.2, 0.25) is 0 Å². The number of pyridine rings is 1. The number of aromatic carboxylic acids is 1. The second-order valence-electron chi connectivity index (χ2n) is 6.10. The van der Waals surface area contributed by atoms with Crippen molar-refractivity contribution in [2.45, 2.75) is 12.8 Å². The fraction of sp³-hybridized carbons (Fsp3) is 0.100. The van der Waals surface area contributed by atoms with E-state index >= 15 is 0 Å². The van der Waals surface area contributed by atoms with Gasteiger partial charge in [-0.15, -0.1) is 0 Å². The van der Waals surface area contributed by atoms with Gasteiger partial charge in [0.15, 0.2) is 0 Å². The third-order valence-corrected chi connectivity index (χ3v) is 4.61. The molecule has 1 heterocycles. The Morgan fingerprint density at radius 1 is 1.08 bits per heavy atom. The molecule has 0 N–H and O–H groups in total. The van der Waals surface area contributed by atoms with Crippen LogP contribution in [0.15, 0.2) is 48.5 Å². The van der Waals surface area contributed by atoms with E-state index < -0.39 is 10.9 Å². The lowest BCUT2D eigenvalue weighted by Crippen LogP contribution is -2.24. The Morgan fingerprint density at radius 3 is 2.58 bits per heavy atom. The number of nitro benzene ring substituents is 1. The van der Waals surface area contributed by atoms with Crippen LogP contribution in [0.4, 0.5) is 5.69 Å². The first kappa shape index (κ1) is 16.0. The minimum Gasteiger partial charge on any atom is -0.545 e. The molecule has 0 spiro atoms. The second-order valence-corrected chi connectivity index (χ2v) is 6.10. The van der Waals surface area contributed by atoms with E-state index in [1.54, 1.807) is 48.5 Å². The summed E-state index contributed by atoms with van der Waals surface area (Å²) in [6.45, 7) is 0. The van der Waals surface area contributed by atoms with Gasteiger partial charge in [0.1, 0.15) is 0 Å². The third kappa shape index (κ3) is 2.52. The first-order valence-electron chi connectivity index (χ1n) is 8.13. The molecule has 26 heavy (non-hydrogen) atoms. The number of carboxylic acids is 1. The molecular weight excluding hydrogens is 332 g/mol. The lowest BCUT2D eigenvalue weighted by Gasteiger charge is -2.13. The zero-order chi connectivity index (χ0) is 18.3. The van der Waals surface area contributed by atoms with Gasteiger partial charge in [0.25, 0.3) is 5.69 Å². The first-order valence-corrected chi connectivity index (χ1v) is 8.13. The lowest BCUT2D eigenvalue weighted by atomic mass is 10.0. The highest BCUT2D eigenvalue weighted by Gasteiger charge is 2.24. The van der Waals surface area contributed by atoms with Crippen molar-refractivity contribution < 1.29 is 14.8 Å². The lowest BCUT2D eigenvalue weighted by molar-refractivity contribution is -0.385. The molecule has 0 radical (unpaired) electrons. The molecule has 6 heteroatoms. The molecular formula is C20H13N2O4-. The molecule has 1 aliphatic carbocycles. The molecule has 3 aromatic rings. The molecule has 128 valence electrons. The van der Waals surface area contributed by atoms with Crippen LogP contribution in [0, 0.1) is 10.1 Å². The van der Waals surface area contributed by atoms with E-state index in [-0.39, 0.29) is 11.3 Å². The van der Waals surface area contributed by atoms with Crippen molar-refractivity contribution in [2.75, 3.05) is 0 Å². The van der Waals surface area contributed by atoms with E-state index in [4.69, 9.17) is 0 Å². The molecule has 0 amide bonds. The van der Waals surface area contributed by atoms with Crippen molar-refractivity contribution in [3.05, 3.63) is 81.0 Å². The average molecular weight is 345 g/mol. The third-order valence-electron chi connectivity index (χ3n) is 4.61. The number of fused-ring (bicyclic) bond motifs is 2. The van der Waals surface area contributed by atoms with Crippen LogP contribution in [0.5, 0.6) is 0 Å². The van der Waals surface area contributed by atoms with Crippen molar-refractivity contribution in [1.29, 1.82) is 0 Å². The molecule has 6 nitrogen and oxygen atoms in total. The standard InChI is InChI=1S/C20H14N2O4/c23-20(24)18-14-6-2-3-7-16(14)21-19-13(9-10-15(18)19)11-12-5-1-4-8-17(12)22(25)26/h1-8,11H,9-10H2,(H,23,24)/p-1/b13-11+. The minimum absolute atomic E-state index is 0.00867. The molecule has 1 aromatic heterocycles. The highest BCUT2D eigenvalue weighted by Crippen LogP contribution is 2.38. The molecule has 0 fully saturated rings. The Labute approximate surface area is 148 Å². The van der Waals surface area contributed by atoms with E-state index in [0.29, 0.717) is 40.6 Å². The number of aromatic nitrogens is 1. The van der Waals surface area contributed by atoms with E-state index in [1.807, 2.05) is 0 Å². The summed E-state index contributed by atoms with van der Waals surface area (Å²) in [5, 5.41) is 23.5. The molecule has 0 saturated heterocycles. The smallest absolute Gasteiger partial charge is 0.276 e. The predicted molar refractivity (Wildman–Crippen MR) is 95.4 cm³/mol. The van der Waals surface area contributed by atoms with Gasteiger partial charge in [-0.1, -0.05) is 30.3 Å². The van der Waals surface area contributed by atoms with Gasteiger partial charge in [0.2, 0.25) is 0 Å². The summed E-state index contributed by atoms with van der Waals surface area (Å²) < 4.78 is 0. The maximum absolute atomic E-state index is 11.7. The largest absolute Gasteiger partial charge is 0.545 e. The number of para-hydroxylation sites is 2. The number of hydrogen-bond donors (Lipinski definition) is 0. The number of allylic oxidation sites excluding steroid dienone is 1. The van der Waals surface area contributed by atoms with Crippen LogP contribution in [0.25, 0.3) is 22.6 Å². The molecule has 0 aliphatic heterocycles. The summed E-state index contributed by atoms with van der Waals surface area (Å²) in [6.07, 6.45) is 2.82. The van der Waals surface area contributed by atoms with Crippen molar-refractivity contribution in [2.24, 2.45) is 0 Å². The highest BCUT2D eigenvalue weighted by atomic mass is 16.6. The van der Waals surface area contributed by atoms with Gasteiger partial charge in [0, 0.05) is 17.0 Å². The number of nitrogens with zero attached hydrogens (tertiary/aromatic N) is 2. The fourth-order valence-electron chi connectivity index (χ4n) is 3.48. The number of carboxylic acid groups (broad SMARTS) is 1. The monoisotopic (exact) mass is 345 g/mol. The van der Waals surface area contributed by atoms with Crippen LogP contribution < -0.4 is 5.11 Å². The van der Waals surface area contributed by atoms with Crippen LogP contribution >= 0.6 is 0 Å². The summed E-state index contributed by atoms with van der Waals surface area (Å²) in [4.78, 5) is 27.2. The fourth-order valence-corrected chi connectivity index (χ4v) is 3.48. The van der Waals surface area contributed by atoms with Gasteiger partial charge in [-0.2, -0.15) is 0 Å². The van der Waals surface area contributed by atoms with E-state index in [0.717, 1.165) is 5.57 Å². The van der Waals surface area contributed by atoms with Crippen molar-refractivity contribution >= 4 is 34.2 Å². The van der Waals surface area contributed by atoms with Gasteiger partial charge in [-0.25, -0.2) is 4.98 Å². The summed E-state index contributed by atoms with van der Waals surface area (Å²) in [5.74, 6) is -1.23. The Bertz CT molecular complexity index is 1100. The summed E-state index contributed by atoms with van der Waals surface area (Å²) >= 11 is 0. The van der Waals surface area contributed by atoms with Crippen LogP contribution in [-0.4, -0.2) is 15.9 Å². The van der Waals surface area contributed by atoms with Crippen molar-refractivity contribution in [3.63, 3.8) is 0 Å². The Kier molecular flexibility index (Phi) is 3.73. The normalized spacial score (nSPS) is 14.5. The van der Waals surface area contributed by atoms with Crippen LogP contribution in [0.1, 0.15) is 33.6 Å². The topological polar surface area (TPSA) is 96.2 Å². The van der Waals surface area contributed by atoms with Crippen LogP contribution in [0.3, 0.4) is 0 Å². The highest BCUT2D eigenvalue weighted by molar-refractivity contribution is 6.05. The summed E-state index contributed by atoms with van der Waals surface area (Å²) in [6, 6.07) is 13.5. The molecule has 4 rings (SSSR count). The van der Waals surface area contributed by atoms with Crippen LogP contribution in [-0.2, 0) is 6.42 Å². The quantitative estimate of drug-likeness (QED) is 0.537. The van der Waals surface area contributed by atoms with E-state index in [1.165, 1.54) is 6.07 Å². The van der Waals surface area contributed by atoms with Gasteiger partial charge in [0.05, 0.1) is 27.7 Å². The maximum atomic E-state index is 11.7. The molecule has 1 aliphatic rings. The average Bonchev–Trinajstić information content (AvgIpc) is 3.02. The SMILES string of the molecule is O=C([O-])c1c2c(nc3ccccc13)/C(=C/c1ccccc1[N+](=O)[O-])CC2. The molecule has 0 bridgehead atoms. The maximum Gasteiger partial charge on any atom is 0.276 e.